The Morgan fingerprint density at radius 2 is 1.90 bits per heavy atom. The van der Waals surface area contributed by atoms with Crippen molar-refractivity contribution in [1.29, 1.82) is 0 Å². The number of rotatable bonds is 7. The molecule has 0 radical (unpaired) electrons. The molecule has 1 N–H and O–H groups in total. The summed E-state index contributed by atoms with van der Waals surface area (Å²) < 4.78 is 25.2. The standard InChI is InChI=1S/C14H20F2N2O.ClH/c1-11(8-17-2)14(19)18(10-13(15)16)9-12-6-4-3-5-7-12;/h3-7,11,13,17H,8-10H2,1-2H3;1H. The molecule has 0 spiro atoms. The van der Waals surface area contributed by atoms with Gasteiger partial charge in [0.05, 0.1) is 6.54 Å². The molecule has 1 aromatic carbocycles. The summed E-state index contributed by atoms with van der Waals surface area (Å²) in [5.74, 6) is -0.564. The van der Waals surface area contributed by atoms with E-state index in [1.54, 1.807) is 14.0 Å². The molecular formula is C14H21ClF2N2O. The molecule has 1 rings (SSSR count). The lowest BCUT2D eigenvalue weighted by molar-refractivity contribution is -0.137. The van der Waals surface area contributed by atoms with Crippen LogP contribution in [0.5, 0.6) is 0 Å². The van der Waals surface area contributed by atoms with Crippen LogP contribution in [-0.4, -0.2) is 37.4 Å². The number of carbonyl (C=O) groups is 1. The highest BCUT2D eigenvalue weighted by atomic mass is 35.5. The highest BCUT2D eigenvalue weighted by Gasteiger charge is 2.22. The van der Waals surface area contributed by atoms with Gasteiger partial charge in [-0.05, 0) is 12.6 Å². The molecule has 1 aromatic rings. The lowest BCUT2D eigenvalue weighted by Crippen LogP contribution is -2.40. The minimum atomic E-state index is -2.52. The summed E-state index contributed by atoms with van der Waals surface area (Å²) in [6, 6.07) is 9.17. The third kappa shape index (κ3) is 6.30. The second kappa shape index (κ2) is 9.66. The van der Waals surface area contributed by atoms with E-state index in [1.165, 1.54) is 4.90 Å². The Hall–Kier alpha value is -1.20. The molecule has 1 atom stereocenters. The molecule has 0 fully saturated rings. The van der Waals surface area contributed by atoms with Gasteiger partial charge >= 0.3 is 0 Å². The van der Waals surface area contributed by atoms with Gasteiger partial charge in [0.2, 0.25) is 5.91 Å². The van der Waals surface area contributed by atoms with Crippen molar-refractivity contribution in [3.05, 3.63) is 35.9 Å². The van der Waals surface area contributed by atoms with E-state index in [0.29, 0.717) is 6.54 Å². The van der Waals surface area contributed by atoms with Crippen molar-refractivity contribution in [2.75, 3.05) is 20.1 Å². The van der Waals surface area contributed by atoms with E-state index in [1.807, 2.05) is 30.3 Å². The number of alkyl halides is 2. The second-order valence-electron chi connectivity index (χ2n) is 4.55. The lowest BCUT2D eigenvalue weighted by atomic mass is 10.1. The molecule has 0 bridgehead atoms. The largest absolute Gasteiger partial charge is 0.332 e. The van der Waals surface area contributed by atoms with Crippen LogP contribution >= 0.6 is 12.4 Å². The SMILES string of the molecule is CNCC(C)C(=O)N(Cc1ccccc1)CC(F)F.Cl. The van der Waals surface area contributed by atoms with Crippen LogP contribution in [0.15, 0.2) is 30.3 Å². The molecule has 20 heavy (non-hydrogen) atoms. The molecule has 3 nitrogen and oxygen atoms in total. The van der Waals surface area contributed by atoms with Crippen molar-refractivity contribution < 1.29 is 13.6 Å². The first-order valence-corrected chi connectivity index (χ1v) is 6.30. The number of hydrogen-bond donors (Lipinski definition) is 1. The van der Waals surface area contributed by atoms with Gasteiger partial charge in [0, 0.05) is 19.0 Å². The number of halogens is 3. The monoisotopic (exact) mass is 306 g/mol. The molecule has 1 amide bonds. The zero-order valence-corrected chi connectivity index (χ0v) is 12.5. The van der Waals surface area contributed by atoms with E-state index in [-0.39, 0.29) is 30.8 Å². The summed E-state index contributed by atoms with van der Waals surface area (Å²) in [5.41, 5.74) is 0.855. The van der Waals surface area contributed by atoms with E-state index in [4.69, 9.17) is 0 Å². The maximum atomic E-state index is 12.6. The Morgan fingerprint density at radius 1 is 1.30 bits per heavy atom. The number of carbonyl (C=O) groups excluding carboxylic acids is 1. The fourth-order valence-electron chi connectivity index (χ4n) is 1.91. The molecule has 0 aliphatic rings. The van der Waals surface area contributed by atoms with Crippen molar-refractivity contribution in [3.63, 3.8) is 0 Å². The maximum absolute atomic E-state index is 12.6. The van der Waals surface area contributed by atoms with Crippen LogP contribution in [0.4, 0.5) is 8.78 Å². The first-order chi connectivity index (χ1) is 9.04. The van der Waals surface area contributed by atoms with Gasteiger partial charge in [-0.15, -0.1) is 12.4 Å². The fraction of sp³-hybridized carbons (Fsp3) is 0.500. The van der Waals surface area contributed by atoms with Crippen LogP contribution in [-0.2, 0) is 11.3 Å². The zero-order valence-electron chi connectivity index (χ0n) is 11.7. The number of amides is 1. The molecule has 0 aromatic heterocycles. The van der Waals surface area contributed by atoms with Gasteiger partial charge in [0.15, 0.2) is 0 Å². The number of benzene rings is 1. The summed E-state index contributed by atoms with van der Waals surface area (Å²) in [5, 5.41) is 2.89. The van der Waals surface area contributed by atoms with Crippen LogP contribution in [0.3, 0.4) is 0 Å². The Morgan fingerprint density at radius 3 is 2.40 bits per heavy atom. The van der Waals surface area contributed by atoms with E-state index in [9.17, 15) is 13.6 Å². The van der Waals surface area contributed by atoms with Crippen molar-refractivity contribution >= 4 is 18.3 Å². The van der Waals surface area contributed by atoms with Crippen LogP contribution in [0, 0.1) is 5.92 Å². The van der Waals surface area contributed by atoms with Gasteiger partial charge in [-0.1, -0.05) is 37.3 Å². The molecule has 114 valence electrons. The van der Waals surface area contributed by atoms with E-state index >= 15 is 0 Å². The molecule has 0 heterocycles. The highest BCUT2D eigenvalue weighted by molar-refractivity contribution is 5.85. The quantitative estimate of drug-likeness (QED) is 0.839. The molecule has 0 aliphatic carbocycles. The maximum Gasteiger partial charge on any atom is 0.255 e. The van der Waals surface area contributed by atoms with Crippen molar-refractivity contribution in [2.24, 2.45) is 5.92 Å². The van der Waals surface area contributed by atoms with E-state index in [2.05, 4.69) is 5.32 Å². The predicted molar refractivity (Wildman–Crippen MR) is 78.2 cm³/mol. The van der Waals surface area contributed by atoms with E-state index < -0.39 is 13.0 Å². The van der Waals surface area contributed by atoms with Crippen LogP contribution < -0.4 is 5.32 Å². The van der Waals surface area contributed by atoms with Crippen LogP contribution in [0.2, 0.25) is 0 Å². The minimum Gasteiger partial charge on any atom is -0.332 e. The average molecular weight is 307 g/mol. The molecule has 0 aliphatic heterocycles. The number of hydrogen-bond acceptors (Lipinski definition) is 2. The normalized spacial score (nSPS) is 11.8. The summed E-state index contributed by atoms with van der Waals surface area (Å²) in [7, 11) is 1.73. The third-order valence-corrected chi connectivity index (χ3v) is 2.82. The van der Waals surface area contributed by atoms with E-state index in [0.717, 1.165) is 5.56 Å². The minimum absolute atomic E-state index is 0. The van der Waals surface area contributed by atoms with Crippen LogP contribution in [0.25, 0.3) is 0 Å². The number of nitrogens with zero attached hydrogens (tertiary/aromatic N) is 1. The van der Waals surface area contributed by atoms with Crippen molar-refractivity contribution in [2.45, 2.75) is 19.9 Å². The third-order valence-electron chi connectivity index (χ3n) is 2.82. The van der Waals surface area contributed by atoms with Gasteiger partial charge in [-0.3, -0.25) is 4.79 Å². The first-order valence-electron chi connectivity index (χ1n) is 6.30. The Labute approximate surface area is 124 Å². The number of nitrogens with one attached hydrogen (secondary N) is 1. The molecule has 1 unspecified atom stereocenters. The second-order valence-corrected chi connectivity index (χ2v) is 4.55. The highest BCUT2D eigenvalue weighted by Crippen LogP contribution is 2.11. The van der Waals surface area contributed by atoms with Crippen LogP contribution in [0.1, 0.15) is 12.5 Å². The van der Waals surface area contributed by atoms with Crippen molar-refractivity contribution in [3.8, 4) is 0 Å². The van der Waals surface area contributed by atoms with Gasteiger partial charge in [0.1, 0.15) is 0 Å². The smallest absolute Gasteiger partial charge is 0.255 e. The summed E-state index contributed by atoms with van der Waals surface area (Å²) in [6.45, 7) is 1.91. The topological polar surface area (TPSA) is 32.3 Å². The van der Waals surface area contributed by atoms with Gasteiger partial charge in [-0.2, -0.15) is 0 Å². The predicted octanol–water partition coefficient (Wildman–Crippen LogP) is 2.56. The first kappa shape index (κ1) is 18.8. The molecule has 0 saturated heterocycles. The summed E-state index contributed by atoms with van der Waals surface area (Å²) in [6.07, 6.45) is -2.52. The van der Waals surface area contributed by atoms with Gasteiger partial charge in [0.25, 0.3) is 6.43 Å². The van der Waals surface area contributed by atoms with Gasteiger partial charge < -0.3 is 10.2 Å². The average Bonchev–Trinajstić information content (AvgIpc) is 2.38. The molecular weight excluding hydrogens is 286 g/mol. The fourth-order valence-corrected chi connectivity index (χ4v) is 1.91. The Bertz CT molecular complexity index is 390. The lowest BCUT2D eigenvalue weighted by Gasteiger charge is -2.25. The van der Waals surface area contributed by atoms with Crippen molar-refractivity contribution in [1.82, 2.24) is 10.2 Å². The Balaban J connectivity index is 0.00000361. The molecule has 0 saturated carbocycles. The zero-order chi connectivity index (χ0) is 14.3. The summed E-state index contributed by atoms with van der Waals surface area (Å²) >= 11 is 0. The molecule has 6 heteroatoms. The Kier molecular flexibility index (Phi) is 9.08. The van der Waals surface area contributed by atoms with Gasteiger partial charge in [-0.25, -0.2) is 8.78 Å². The summed E-state index contributed by atoms with van der Waals surface area (Å²) in [4.78, 5) is 13.3.